The molecule has 1 aliphatic heterocycles. The van der Waals surface area contributed by atoms with Crippen LogP contribution in [0.15, 0.2) is 47.1 Å². The van der Waals surface area contributed by atoms with Crippen molar-refractivity contribution in [1.29, 1.82) is 5.26 Å². The normalized spacial score (nSPS) is 17.3. The van der Waals surface area contributed by atoms with Crippen LogP contribution in [-0.4, -0.2) is 12.6 Å². The summed E-state index contributed by atoms with van der Waals surface area (Å²) in [5.41, 5.74) is 7.18. The SMILES string of the molecule is CCCC1=C(C(=O)OCC)C(c2ccc(Cl)cc2)C(C#N)=C(N)O1. The second-order valence-electron chi connectivity index (χ2n) is 5.28. The monoisotopic (exact) mass is 346 g/mol. The lowest BCUT2D eigenvalue weighted by Crippen LogP contribution is -2.26. The average molecular weight is 347 g/mol. The second-order valence-corrected chi connectivity index (χ2v) is 5.72. The third-order valence-corrected chi connectivity index (χ3v) is 3.92. The maximum absolute atomic E-state index is 12.5. The third kappa shape index (κ3) is 3.55. The first-order valence-electron chi connectivity index (χ1n) is 7.76. The first kappa shape index (κ1) is 17.9. The van der Waals surface area contributed by atoms with Gasteiger partial charge >= 0.3 is 5.97 Å². The standard InChI is InChI=1S/C18H19ClN2O3/c1-3-5-14-16(18(22)23-4-2)15(13(10-20)17(21)24-14)11-6-8-12(19)9-7-11/h6-9,15H,3-5,21H2,1-2H3. The van der Waals surface area contributed by atoms with E-state index in [0.717, 1.165) is 12.0 Å². The lowest BCUT2D eigenvalue weighted by atomic mass is 9.82. The molecule has 5 nitrogen and oxygen atoms in total. The van der Waals surface area contributed by atoms with Gasteiger partial charge in [0.2, 0.25) is 5.88 Å². The summed E-state index contributed by atoms with van der Waals surface area (Å²) in [4.78, 5) is 12.5. The summed E-state index contributed by atoms with van der Waals surface area (Å²) in [6.07, 6.45) is 1.29. The van der Waals surface area contributed by atoms with Crippen LogP contribution in [0.4, 0.5) is 0 Å². The lowest BCUT2D eigenvalue weighted by Gasteiger charge is -2.28. The summed E-state index contributed by atoms with van der Waals surface area (Å²) in [5.74, 6) is -0.649. The van der Waals surface area contributed by atoms with Gasteiger partial charge in [-0.2, -0.15) is 5.26 Å². The van der Waals surface area contributed by atoms with Crippen molar-refractivity contribution in [2.45, 2.75) is 32.6 Å². The predicted molar refractivity (Wildman–Crippen MR) is 90.7 cm³/mol. The Morgan fingerprint density at radius 3 is 2.58 bits per heavy atom. The number of hydrogen-bond donors (Lipinski definition) is 1. The van der Waals surface area contributed by atoms with E-state index in [1.165, 1.54) is 0 Å². The molecule has 1 aliphatic rings. The van der Waals surface area contributed by atoms with Crippen LogP contribution in [0.2, 0.25) is 5.02 Å². The van der Waals surface area contributed by atoms with Gasteiger partial charge in [0.25, 0.3) is 0 Å². The van der Waals surface area contributed by atoms with Crippen LogP contribution in [0.3, 0.4) is 0 Å². The molecule has 2 N–H and O–H groups in total. The maximum atomic E-state index is 12.5. The number of carbonyl (C=O) groups excluding carboxylic acids is 1. The molecule has 1 aromatic rings. The van der Waals surface area contributed by atoms with Gasteiger partial charge < -0.3 is 15.2 Å². The first-order valence-corrected chi connectivity index (χ1v) is 8.14. The molecular weight excluding hydrogens is 328 g/mol. The van der Waals surface area contributed by atoms with E-state index in [1.54, 1.807) is 31.2 Å². The summed E-state index contributed by atoms with van der Waals surface area (Å²) in [7, 11) is 0. The molecule has 0 aliphatic carbocycles. The Morgan fingerprint density at radius 1 is 1.38 bits per heavy atom. The minimum absolute atomic E-state index is 0.0222. The number of allylic oxidation sites excluding steroid dienone is 2. The van der Waals surface area contributed by atoms with Gasteiger partial charge in [0, 0.05) is 11.4 Å². The first-order chi connectivity index (χ1) is 11.5. The summed E-state index contributed by atoms with van der Waals surface area (Å²) >= 11 is 5.95. The Labute approximate surface area is 146 Å². The van der Waals surface area contributed by atoms with Gasteiger partial charge in [-0.25, -0.2) is 4.79 Å². The van der Waals surface area contributed by atoms with Gasteiger partial charge in [-0.1, -0.05) is 30.7 Å². The molecule has 0 saturated carbocycles. The van der Waals surface area contributed by atoms with Gasteiger partial charge in [-0.15, -0.1) is 0 Å². The molecule has 1 atom stereocenters. The molecule has 0 radical (unpaired) electrons. The van der Waals surface area contributed by atoms with Crippen molar-refractivity contribution in [2.75, 3.05) is 6.61 Å². The van der Waals surface area contributed by atoms with E-state index in [-0.39, 0.29) is 18.1 Å². The number of esters is 1. The molecule has 0 bridgehead atoms. The van der Waals surface area contributed by atoms with Crippen LogP contribution in [-0.2, 0) is 14.3 Å². The highest BCUT2D eigenvalue weighted by atomic mass is 35.5. The molecule has 0 amide bonds. The average Bonchev–Trinajstić information content (AvgIpc) is 2.55. The highest BCUT2D eigenvalue weighted by Gasteiger charge is 2.37. The van der Waals surface area contributed by atoms with E-state index >= 15 is 0 Å². The smallest absolute Gasteiger partial charge is 0.338 e. The minimum atomic E-state index is -0.624. The topological polar surface area (TPSA) is 85.3 Å². The number of ether oxygens (including phenoxy) is 2. The molecular formula is C18H19ClN2O3. The highest BCUT2D eigenvalue weighted by molar-refractivity contribution is 6.30. The summed E-state index contributed by atoms with van der Waals surface area (Å²) in [6.45, 7) is 3.93. The summed E-state index contributed by atoms with van der Waals surface area (Å²) in [5, 5.41) is 10.1. The van der Waals surface area contributed by atoms with E-state index < -0.39 is 11.9 Å². The van der Waals surface area contributed by atoms with Crippen molar-refractivity contribution in [3.8, 4) is 6.07 Å². The third-order valence-electron chi connectivity index (χ3n) is 3.67. The van der Waals surface area contributed by atoms with Crippen LogP contribution in [0, 0.1) is 11.3 Å². The second kappa shape index (κ2) is 7.89. The van der Waals surface area contributed by atoms with Gasteiger partial charge in [-0.3, -0.25) is 0 Å². The van der Waals surface area contributed by atoms with Crippen LogP contribution in [0.1, 0.15) is 38.2 Å². The van der Waals surface area contributed by atoms with Crippen molar-refractivity contribution in [3.05, 3.63) is 57.6 Å². The molecule has 0 aromatic heterocycles. The van der Waals surface area contributed by atoms with Gasteiger partial charge in [0.1, 0.15) is 17.4 Å². The van der Waals surface area contributed by atoms with Gasteiger partial charge in [0.15, 0.2) is 0 Å². The highest BCUT2D eigenvalue weighted by Crippen LogP contribution is 2.41. The Kier molecular flexibility index (Phi) is 5.88. The fourth-order valence-electron chi connectivity index (χ4n) is 2.65. The predicted octanol–water partition coefficient (Wildman–Crippen LogP) is 3.76. The Morgan fingerprint density at radius 2 is 2.04 bits per heavy atom. The number of nitrogens with two attached hydrogens (primary N) is 1. The number of rotatable bonds is 5. The number of hydrogen-bond acceptors (Lipinski definition) is 5. The van der Waals surface area contributed by atoms with Crippen molar-refractivity contribution >= 4 is 17.6 Å². The van der Waals surface area contributed by atoms with Gasteiger partial charge in [-0.05, 0) is 31.0 Å². The van der Waals surface area contributed by atoms with Crippen molar-refractivity contribution in [2.24, 2.45) is 5.73 Å². The van der Waals surface area contributed by atoms with Crippen molar-refractivity contribution in [1.82, 2.24) is 0 Å². The van der Waals surface area contributed by atoms with E-state index in [9.17, 15) is 10.1 Å². The van der Waals surface area contributed by atoms with Crippen LogP contribution in [0.25, 0.3) is 0 Å². The zero-order valence-electron chi connectivity index (χ0n) is 13.6. The molecule has 0 fully saturated rings. The molecule has 1 aromatic carbocycles. The number of benzene rings is 1. The number of nitrogens with zero attached hydrogens (tertiary/aromatic N) is 1. The molecule has 1 unspecified atom stereocenters. The van der Waals surface area contributed by atoms with E-state index in [4.69, 9.17) is 26.8 Å². The number of halogens is 1. The quantitative estimate of drug-likeness (QED) is 0.820. The van der Waals surface area contributed by atoms with E-state index in [2.05, 4.69) is 6.07 Å². The summed E-state index contributed by atoms with van der Waals surface area (Å²) < 4.78 is 10.8. The number of carbonyl (C=O) groups is 1. The van der Waals surface area contributed by atoms with E-state index in [1.807, 2.05) is 6.92 Å². The maximum Gasteiger partial charge on any atom is 0.338 e. The molecule has 6 heteroatoms. The largest absolute Gasteiger partial charge is 0.463 e. The molecule has 24 heavy (non-hydrogen) atoms. The van der Waals surface area contributed by atoms with Crippen LogP contribution >= 0.6 is 11.6 Å². The fourth-order valence-corrected chi connectivity index (χ4v) is 2.78. The zero-order valence-corrected chi connectivity index (χ0v) is 14.4. The lowest BCUT2D eigenvalue weighted by molar-refractivity contribution is -0.139. The van der Waals surface area contributed by atoms with Crippen molar-refractivity contribution < 1.29 is 14.3 Å². The molecule has 126 valence electrons. The number of nitriles is 1. The van der Waals surface area contributed by atoms with Crippen LogP contribution < -0.4 is 5.73 Å². The summed E-state index contributed by atoms with van der Waals surface area (Å²) in [6, 6.07) is 9.02. The zero-order chi connectivity index (χ0) is 17.7. The molecule has 1 heterocycles. The van der Waals surface area contributed by atoms with Gasteiger partial charge in [0.05, 0.1) is 18.1 Å². The van der Waals surface area contributed by atoms with E-state index in [0.29, 0.717) is 22.8 Å². The molecule has 0 saturated heterocycles. The minimum Gasteiger partial charge on any atom is -0.463 e. The Balaban J connectivity index is 2.63. The molecule has 2 rings (SSSR count). The fraction of sp³-hybridized carbons (Fsp3) is 0.333. The Bertz CT molecular complexity index is 730. The van der Waals surface area contributed by atoms with Crippen LogP contribution in [0.5, 0.6) is 0 Å². The molecule has 0 spiro atoms. The van der Waals surface area contributed by atoms with Crippen molar-refractivity contribution in [3.63, 3.8) is 0 Å². The Hall–Kier alpha value is -2.45.